The van der Waals surface area contributed by atoms with Gasteiger partial charge in [-0.05, 0) is 40.5 Å². The van der Waals surface area contributed by atoms with Crippen molar-refractivity contribution in [3.63, 3.8) is 0 Å². The number of sulfonamides is 1. The number of benzene rings is 1. The standard InChI is InChI=1S/C11H16BrN3O3S/c1-2-3-6-14-11(16)15-19(17,18)8-4-5-9(12)10(13)7-8/h4-5,7H,2-3,6,13H2,1H3,(H2,14,15,16). The van der Waals surface area contributed by atoms with Crippen molar-refractivity contribution in [3.05, 3.63) is 22.7 Å². The fraction of sp³-hybridized carbons (Fsp3) is 0.364. The number of halogens is 1. The van der Waals surface area contributed by atoms with Crippen molar-refractivity contribution in [1.29, 1.82) is 0 Å². The summed E-state index contributed by atoms with van der Waals surface area (Å²) >= 11 is 3.17. The Bertz CT molecular complexity index is 560. The third-order valence-corrected chi connectivity index (χ3v) is 4.37. The lowest BCUT2D eigenvalue weighted by Gasteiger charge is -2.09. The molecule has 0 radical (unpaired) electrons. The average molecular weight is 350 g/mol. The van der Waals surface area contributed by atoms with Crippen LogP contribution < -0.4 is 15.8 Å². The first-order chi connectivity index (χ1) is 8.86. The van der Waals surface area contributed by atoms with Crippen molar-refractivity contribution >= 4 is 37.7 Å². The predicted octanol–water partition coefficient (Wildman–Crippen LogP) is 1.82. The van der Waals surface area contributed by atoms with Gasteiger partial charge in [0, 0.05) is 16.7 Å². The van der Waals surface area contributed by atoms with E-state index >= 15 is 0 Å². The summed E-state index contributed by atoms with van der Waals surface area (Å²) in [5.74, 6) is 0. The number of nitrogen functional groups attached to an aromatic ring is 1. The van der Waals surface area contributed by atoms with Gasteiger partial charge in [0.2, 0.25) is 0 Å². The summed E-state index contributed by atoms with van der Waals surface area (Å²) in [6.45, 7) is 2.40. The minimum Gasteiger partial charge on any atom is -0.398 e. The first-order valence-corrected chi connectivity index (χ1v) is 8.00. The SMILES string of the molecule is CCCCNC(=O)NS(=O)(=O)c1ccc(Br)c(N)c1. The molecule has 0 aliphatic heterocycles. The fourth-order valence-corrected chi connectivity index (χ4v) is 2.49. The van der Waals surface area contributed by atoms with Gasteiger partial charge in [0.25, 0.3) is 10.0 Å². The van der Waals surface area contributed by atoms with Crippen molar-refractivity contribution < 1.29 is 13.2 Å². The van der Waals surface area contributed by atoms with Crippen molar-refractivity contribution in [2.75, 3.05) is 12.3 Å². The number of nitrogens with two attached hydrogens (primary N) is 1. The molecule has 0 bridgehead atoms. The minimum absolute atomic E-state index is 0.0566. The molecule has 1 aromatic carbocycles. The number of unbranched alkanes of at least 4 members (excludes halogenated alkanes) is 1. The van der Waals surface area contributed by atoms with Gasteiger partial charge < -0.3 is 11.1 Å². The Hall–Kier alpha value is -1.28. The molecule has 0 aromatic heterocycles. The molecule has 4 N–H and O–H groups in total. The molecule has 0 saturated heterocycles. The molecule has 8 heteroatoms. The maximum atomic E-state index is 11.9. The summed E-state index contributed by atoms with van der Waals surface area (Å²) in [5.41, 5.74) is 5.89. The molecule has 0 aliphatic carbocycles. The number of nitrogens with one attached hydrogen (secondary N) is 2. The summed E-state index contributed by atoms with van der Waals surface area (Å²) in [7, 11) is -3.90. The van der Waals surface area contributed by atoms with Crippen molar-refractivity contribution in [1.82, 2.24) is 10.0 Å². The summed E-state index contributed by atoms with van der Waals surface area (Å²) in [6, 6.07) is 3.42. The maximum absolute atomic E-state index is 11.9. The van der Waals surface area contributed by atoms with Crippen molar-refractivity contribution in [3.8, 4) is 0 Å². The van der Waals surface area contributed by atoms with Crippen LogP contribution >= 0.6 is 15.9 Å². The molecule has 0 heterocycles. The molecule has 0 atom stereocenters. The number of carbonyl (C=O) groups excluding carboxylic acids is 1. The smallest absolute Gasteiger partial charge is 0.328 e. The van der Waals surface area contributed by atoms with E-state index in [0.717, 1.165) is 12.8 Å². The van der Waals surface area contributed by atoms with E-state index in [2.05, 4.69) is 21.2 Å². The number of anilines is 1. The lowest BCUT2D eigenvalue weighted by Crippen LogP contribution is -2.39. The van der Waals surface area contributed by atoms with E-state index in [1.54, 1.807) is 0 Å². The van der Waals surface area contributed by atoms with Crippen LogP contribution in [0.25, 0.3) is 0 Å². The van der Waals surface area contributed by atoms with Crippen LogP contribution in [0.4, 0.5) is 10.5 Å². The van der Waals surface area contributed by atoms with Gasteiger partial charge in [-0.2, -0.15) is 0 Å². The van der Waals surface area contributed by atoms with E-state index in [0.29, 0.717) is 11.0 Å². The molecule has 0 unspecified atom stereocenters. The largest absolute Gasteiger partial charge is 0.398 e. The predicted molar refractivity (Wildman–Crippen MR) is 77.2 cm³/mol. The van der Waals surface area contributed by atoms with Gasteiger partial charge in [-0.1, -0.05) is 13.3 Å². The highest BCUT2D eigenvalue weighted by Crippen LogP contribution is 2.22. The second-order valence-corrected chi connectivity index (χ2v) is 6.44. The Morgan fingerprint density at radius 1 is 1.42 bits per heavy atom. The Kier molecular flexibility index (Phi) is 5.61. The quantitative estimate of drug-likeness (QED) is 0.557. The molecular formula is C11H16BrN3O3S. The highest BCUT2D eigenvalue weighted by Gasteiger charge is 2.17. The van der Waals surface area contributed by atoms with Gasteiger partial charge in [0.15, 0.2) is 0 Å². The van der Waals surface area contributed by atoms with E-state index in [-0.39, 0.29) is 10.6 Å². The highest BCUT2D eigenvalue weighted by molar-refractivity contribution is 9.10. The van der Waals surface area contributed by atoms with E-state index in [1.807, 2.05) is 11.6 Å². The van der Waals surface area contributed by atoms with Gasteiger partial charge >= 0.3 is 6.03 Å². The minimum atomic E-state index is -3.90. The summed E-state index contributed by atoms with van der Waals surface area (Å²) in [5, 5.41) is 2.47. The van der Waals surface area contributed by atoms with Gasteiger partial charge in [-0.25, -0.2) is 17.9 Å². The number of hydrogen-bond acceptors (Lipinski definition) is 4. The Morgan fingerprint density at radius 3 is 2.68 bits per heavy atom. The zero-order valence-electron chi connectivity index (χ0n) is 10.4. The fourth-order valence-electron chi connectivity index (χ4n) is 1.28. The molecule has 1 aromatic rings. The molecule has 2 amide bonds. The molecule has 106 valence electrons. The molecule has 6 nitrogen and oxygen atoms in total. The zero-order valence-corrected chi connectivity index (χ0v) is 12.8. The molecule has 0 saturated carbocycles. The normalized spacial score (nSPS) is 11.1. The Labute approximate surface area is 120 Å². The van der Waals surface area contributed by atoms with E-state index < -0.39 is 16.1 Å². The molecule has 1 rings (SSSR count). The van der Waals surface area contributed by atoms with Crippen LogP contribution in [-0.2, 0) is 10.0 Å². The molecule has 0 fully saturated rings. The van der Waals surface area contributed by atoms with Gasteiger partial charge in [-0.3, -0.25) is 0 Å². The summed E-state index contributed by atoms with van der Waals surface area (Å²) in [6.07, 6.45) is 1.70. The van der Waals surface area contributed by atoms with Crippen LogP contribution in [-0.4, -0.2) is 21.0 Å². The second-order valence-electron chi connectivity index (χ2n) is 3.90. The third-order valence-electron chi connectivity index (χ3n) is 2.32. The number of hydrogen-bond donors (Lipinski definition) is 3. The molecular weight excluding hydrogens is 334 g/mol. The zero-order chi connectivity index (χ0) is 14.5. The number of rotatable bonds is 5. The third kappa shape index (κ3) is 4.71. The van der Waals surface area contributed by atoms with Gasteiger partial charge in [0.1, 0.15) is 0 Å². The van der Waals surface area contributed by atoms with Crippen LogP contribution in [0.3, 0.4) is 0 Å². The van der Waals surface area contributed by atoms with Crippen LogP contribution in [0, 0.1) is 0 Å². The monoisotopic (exact) mass is 349 g/mol. The lowest BCUT2D eigenvalue weighted by atomic mass is 10.3. The van der Waals surface area contributed by atoms with Crippen LogP contribution in [0.5, 0.6) is 0 Å². The van der Waals surface area contributed by atoms with Gasteiger partial charge in [0.05, 0.1) is 4.90 Å². The van der Waals surface area contributed by atoms with Crippen molar-refractivity contribution in [2.24, 2.45) is 0 Å². The number of carbonyl (C=O) groups is 1. The summed E-state index contributed by atoms with van der Waals surface area (Å²) < 4.78 is 26.3. The van der Waals surface area contributed by atoms with Crippen LogP contribution in [0.2, 0.25) is 0 Å². The average Bonchev–Trinajstić information content (AvgIpc) is 2.32. The highest BCUT2D eigenvalue weighted by atomic mass is 79.9. The van der Waals surface area contributed by atoms with E-state index in [1.165, 1.54) is 18.2 Å². The van der Waals surface area contributed by atoms with Crippen LogP contribution in [0.1, 0.15) is 19.8 Å². The second kappa shape index (κ2) is 6.76. The lowest BCUT2D eigenvalue weighted by molar-refractivity contribution is 0.245. The van der Waals surface area contributed by atoms with Crippen molar-refractivity contribution in [2.45, 2.75) is 24.7 Å². The van der Waals surface area contributed by atoms with Crippen LogP contribution in [0.15, 0.2) is 27.6 Å². The first-order valence-electron chi connectivity index (χ1n) is 5.72. The van der Waals surface area contributed by atoms with E-state index in [4.69, 9.17) is 5.73 Å². The number of urea groups is 1. The molecule has 19 heavy (non-hydrogen) atoms. The maximum Gasteiger partial charge on any atom is 0.328 e. The Balaban J connectivity index is 2.75. The number of amides is 2. The van der Waals surface area contributed by atoms with Gasteiger partial charge in [-0.15, -0.1) is 0 Å². The first kappa shape index (κ1) is 15.8. The molecule has 0 aliphatic rings. The summed E-state index contributed by atoms with van der Waals surface area (Å²) in [4.78, 5) is 11.4. The topological polar surface area (TPSA) is 101 Å². The Morgan fingerprint density at radius 2 is 2.11 bits per heavy atom. The van der Waals surface area contributed by atoms with E-state index in [9.17, 15) is 13.2 Å². The molecule has 0 spiro atoms.